The van der Waals surface area contributed by atoms with Crippen molar-refractivity contribution in [2.45, 2.75) is 39.2 Å². The van der Waals surface area contributed by atoms with Crippen LogP contribution in [0.25, 0.3) is 0 Å². The highest BCUT2D eigenvalue weighted by Gasteiger charge is 2.22. The van der Waals surface area contributed by atoms with Crippen molar-refractivity contribution in [2.24, 2.45) is 0 Å². The van der Waals surface area contributed by atoms with Crippen LogP contribution in [-0.4, -0.2) is 35.1 Å². The van der Waals surface area contributed by atoms with Crippen molar-refractivity contribution in [3.63, 3.8) is 0 Å². The number of rotatable bonds is 7. The zero-order valence-corrected chi connectivity index (χ0v) is 11.4. The summed E-state index contributed by atoms with van der Waals surface area (Å²) in [5.74, 6) is 1.98. The maximum atomic E-state index is 11.5. The smallest absolute Gasteiger partial charge is 0.221 e. The van der Waals surface area contributed by atoms with Crippen LogP contribution >= 0.6 is 0 Å². The average Bonchev–Trinajstić information content (AvgIpc) is 3.12. The van der Waals surface area contributed by atoms with Gasteiger partial charge in [0.05, 0.1) is 6.61 Å². The Hall–Kier alpha value is -1.85. The topological polar surface area (TPSA) is 76.1 Å². The highest BCUT2D eigenvalue weighted by Crippen LogP contribution is 2.18. The second-order valence-corrected chi connectivity index (χ2v) is 4.59. The highest BCUT2D eigenvalue weighted by atomic mass is 16.5. The molecule has 1 amide bonds. The quantitative estimate of drug-likeness (QED) is 0.775. The summed E-state index contributed by atoms with van der Waals surface area (Å²) in [6, 6.07) is 2.16. The Balaban J connectivity index is 1.79. The van der Waals surface area contributed by atoms with E-state index in [-0.39, 0.29) is 5.91 Å². The number of nitrogens with one attached hydrogen (secondary N) is 2. The molecule has 1 aliphatic rings. The summed E-state index contributed by atoms with van der Waals surface area (Å²) in [4.78, 5) is 19.9. The van der Waals surface area contributed by atoms with E-state index in [1.165, 1.54) is 0 Å². The summed E-state index contributed by atoms with van der Waals surface area (Å²) < 4.78 is 5.35. The number of carbonyl (C=O) groups excluding carboxylic acids is 1. The van der Waals surface area contributed by atoms with Gasteiger partial charge in [-0.15, -0.1) is 0 Å². The van der Waals surface area contributed by atoms with E-state index < -0.39 is 0 Å². The van der Waals surface area contributed by atoms with Gasteiger partial charge in [-0.2, -0.15) is 4.98 Å². The van der Waals surface area contributed by atoms with Crippen LogP contribution in [0.5, 0.6) is 5.88 Å². The molecule has 0 aromatic carbocycles. The Morgan fingerprint density at radius 2 is 2.26 bits per heavy atom. The first-order valence-electron chi connectivity index (χ1n) is 6.69. The molecule has 6 heteroatoms. The van der Waals surface area contributed by atoms with Gasteiger partial charge in [-0.25, -0.2) is 4.98 Å². The van der Waals surface area contributed by atoms with Crippen LogP contribution in [0.3, 0.4) is 0 Å². The van der Waals surface area contributed by atoms with E-state index >= 15 is 0 Å². The van der Waals surface area contributed by atoms with E-state index in [2.05, 4.69) is 20.6 Å². The number of nitrogens with zero attached hydrogens (tertiary/aromatic N) is 2. The number of ether oxygens (including phenoxy) is 1. The van der Waals surface area contributed by atoms with E-state index in [0.29, 0.717) is 43.1 Å². The minimum absolute atomic E-state index is 0.0887. The van der Waals surface area contributed by atoms with Crippen molar-refractivity contribution in [2.75, 3.05) is 18.5 Å². The largest absolute Gasteiger partial charge is 0.478 e. The first kappa shape index (κ1) is 13.6. The van der Waals surface area contributed by atoms with Gasteiger partial charge in [0.15, 0.2) is 0 Å². The third-order valence-corrected chi connectivity index (χ3v) is 2.71. The van der Waals surface area contributed by atoms with Gasteiger partial charge >= 0.3 is 0 Å². The van der Waals surface area contributed by atoms with E-state index in [1.54, 1.807) is 6.07 Å². The Morgan fingerprint density at radius 3 is 2.95 bits per heavy atom. The third-order valence-electron chi connectivity index (χ3n) is 2.71. The molecule has 1 aromatic rings. The lowest BCUT2D eigenvalue weighted by Gasteiger charge is -2.08. The fourth-order valence-corrected chi connectivity index (χ4v) is 1.68. The number of hydrogen-bond donors (Lipinski definition) is 2. The molecule has 19 heavy (non-hydrogen) atoms. The number of aromatic nitrogens is 2. The molecule has 2 rings (SSSR count). The van der Waals surface area contributed by atoms with Gasteiger partial charge in [0, 0.05) is 25.1 Å². The van der Waals surface area contributed by atoms with Gasteiger partial charge in [-0.05, 0) is 26.7 Å². The number of carbonyl (C=O) groups is 1. The van der Waals surface area contributed by atoms with Gasteiger partial charge in [-0.3, -0.25) is 4.79 Å². The number of anilines is 1. The molecule has 0 saturated heterocycles. The SMILES string of the molecule is CCOc1cc(NCCC(=O)NC2CC2)nc(C)n1. The van der Waals surface area contributed by atoms with Gasteiger partial charge in [0.1, 0.15) is 11.6 Å². The zero-order valence-electron chi connectivity index (χ0n) is 11.4. The van der Waals surface area contributed by atoms with E-state index in [4.69, 9.17) is 4.74 Å². The van der Waals surface area contributed by atoms with Crippen LogP contribution in [0.4, 0.5) is 5.82 Å². The lowest BCUT2D eigenvalue weighted by molar-refractivity contribution is -0.120. The highest BCUT2D eigenvalue weighted by molar-refractivity contribution is 5.77. The average molecular weight is 264 g/mol. The third kappa shape index (κ3) is 4.73. The van der Waals surface area contributed by atoms with Crippen LogP contribution < -0.4 is 15.4 Å². The standard InChI is InChI=1S/C13H20N4O2/c1-3-19-13-8-11(15-9(2)16-13)14-7-6-12(18)17-10-4-5-10/h8,10H,3-7H2,1-2H3,(H,17,18)(H,14,15,16). The normalized spacial score (nSPS) is 14.0. The molecule has 0 bridgehead atoms. The molecule has 6 nitrogen and oxygen atoms in total. The van der Waals surface area contributed by atoms with Gasteiger partial charge in [-0.1, -0.05) is 0 Å². The summed E-state index contributed by atoms with van der Waals surface area (Å²) in [6.07, 6.45) is 2.67. The van der Waals surface area contributed by atoms with Crippen molar-refractivity contribution < 1.29 is 9.53 Å². The molecule has 1 saturated carbocycles. The van der Waals surface area contributed by atoms with Gasteiger partial charge in [0.25, 0.3) is 0 Å². The number of aryl methyl sites for hydroxylation is 1. The Bertz CT molecular complexity index is 446. The first-order valence-corrected chi connectivity index (χ1v) is 6.69. The molecule has 2 N–H and O–H groups in total. The zero-order chi connectivity index (χ0) is 13.7. The van der Waals surface area contributed by atoms with E-state index in [9.17, 15) is 4.79 Å². The lowest BCUT2D eigenvalue weighted by Crippen LogP contribution is -2.27. The first-order chi connectivity index (χ1) is 9.17. The molecule has 1 aliphatic carbocycles. The maximum absolute atomic E-state index is 11.5. The lowest BCUT2D eigenvalue weighted by atomic mass is 10.4. The number of hydrogen-bond acceptors (Lipinski definition) is 5. The van der Waals surface area contributed by atoms with Crippen molar-refractivity contribution in [3.8, 4) is 5.88 Å². The molecule has 1 heterocycles. The van der Waals surface area contributed by atoms with Gasteiger partial charge < -0.3 is 15.4 Å². The molecular formula is C13H20N4O2. The molecule has 0 atom stereocenters. The Labute approximate surface area is 113 Å². The second kappa shape index (κ2) is 6.36. The van der Waals surface area contributed by atoms with Gasteiger partial charge in [0.2, 0.25) is 11.8 Å². The van der Waals surface area contributed by atoms with E-state index in [0.717, 1.165) is 12.8 Å². The predicted octanol–water partition coefficient (Wildman–Crippen LogP) is 1.26. The van der Waals surface area contributed by atoms with Crippen LogP contribution in [0.2, 0.25) is 0 Å². The fraction of sp³-hybridized carbons (Fsp3) is 0.615. The van der Waals surface area contributed by atoms with Crippen LogP contribution in [0, 0.1) is 6.92 Å². The van der Waals surface area contributed by atoms with Crippen molar-refractivity contribution in [1.29, 1.82) is 0 Å². The second-order valence-electron chi connectivity index (χ2n) is 4.59. The molecule has 0 radical (unpaired) electrons. The minimum atomic E-state index is 0.0887. The molecule has 0 spiro atoms. The molecule has 0 unspecified atom stereocenters. The van der Waals surface area contributed by atoms with Crippen LogP contribution in [-0.2, 0) is 4.79 Å². The van der Waals surface area contributed by atoms with Crippen LogP contribution in [0.15, 0.2) is 6.07 Å². The Kier molecular flexibility index (Phi) is 4.54. The molecule has 1 fully saturated rings. The molecular weight excluding hydrogens is 244 g/mol. The molecule has 104 valence electrons. The summed E-state index contributed by atoms with van der Waals surface area (Å²) in [7, 11) is 0. The summed E-state index contributed by atoms with van der Waals surface area (Å²) >= 11 is 0. The number of amides is 1. The minimum Gasteiger partial charge on any atom is -0.478 e. The monoisotopic (exact) mass is 264 g/mol. The van der Waals surface area contributed by atoms with Crippen molar-refractivity contribution in [3.05, 3.63) is 11.9 Å². The molecule has 0 aliphatic heterocycles. The van der Waals surface area contributed by atoms with Crippen molar-refractivity contribution in [1.82, 2.24) is 15.3 Å². The predicted molar refractivity (Wildman–Crippen MR) is 72.2 cm³/mol. The van der Waals surface area contributed by atoms with Crippen molar-refractivity contribution >= 4 is 11.7 Å². The Morgan fingerprint density at radius 1 is 1.47 bits per heavy atom. The summed E-state index contributed by atoms with van der Waals surface area (Å²) in [6.45, 7) is 4.85. The summed E-state index contributed by atoms with van der Waals surface area (Å²) in [5, 5.41) is 6.06. The maximum Gasteiger partial charge on any atom is 0.221 e. The summed E-state index contributed by atoms with van der Waals surface area (Å²) in [5.41, 5.74) is 0. The van der Waals surface area contributed by atoms with Crippen LogP contribution in [0.1, 0.15) is 32.0 Å². The van der Waals surface area contributed by atoms with E-state index in [1.807, 2.05) is 13.8 Å². The molecule has 1 aromatic heterocycles. The fourth-order valence-electron chi connectivity index (χ4n) is 1.68.